The van der Waals surface area contributed by atoms with E-state index in [-0.39, 0.29) is 23.1 Å². The van der Waals surface area contributed by atoms with Crippen LogP contribution < -0.4 is 29.1 Å². The van der Waals surface area contributed by atoms with Gasteiger partial charge in [-0.15, -0.1) is 0 Å². The van der Waals surface area contributed by atoms with Gasteiger partial charge in [0.15, 0.2) is 16.3 Å². The van der Waals surface area contributed by atoms with E-state index in [1.165, 1.54) is 24.5 Å². The Balaban J connectivity index is 1.63. The summed E-state index contributed by atoms with van der Waals surface area (Å²) in [5.74, 6) is 0.826. The highest BCUT2D eigenvalue weighted by Crippen LogP contribution is 2.42. The zero-order chi connectivity index (χ0) is 21.8. The number of halogens is 2. The Labute approximate surface area is 179 Å². The molecule has 2 bridgehead atoms. The van der Waals surface area contributed by atoms with Crippen molar-refractivity contribution in [2.45, 2.75) is 31.7 Å². The molecular formula is C22H18F2N2O4S. The molecule has 3 aromatic rings. The number of rotatable bonds is 4. The van der Waals surface area contributed by atoms with Crippen LogP contribution in [0.2, 0.25) is 0 Å². The predicted molar refractivity (Wildman–Crippen MR) is 111 cm³/mol. The van der Waals surface area contributed by atoms with Crippen LogP contribution in [0.1, 0.15) is 30.5 Å². The fourth-order valence-corrected chi connectivity index (χ4v) is 5.18. The number of para-hydroxylation sites is 1. The quantitative estimate of drug-likeness (QED) is 0.621. The van der Waals surface area contributed by atoms with Gasteiger partial charge in [-0.05, 0) is 36.8 Å². The number of aromatic nitrogens is 1. The second-order valence-corrected chi connectivity index (χ2v) is 8.51. The van der Waals surface area contributed by atoms with Gasteiger partial charge in [-0.3, -0.25) is 9.36 Å². The first-order chi connectivity index (χ1) is 14.9. The minimum absolute atomic E-state index is 0.0673. The number of methoxy groups -OCH3 is 1. The SMILES string of the molecule is COc1cc(/C=c2/sc3n(c2=O)[C@@H]2C[C@](C)(N=3)Oc3ccccc32)ccc1OC(F)F. The lowest BCUT2D eigenvalue weighted by Gasteiger charge is -2.39. The number of hydrogen-bond donors (Lipinski definition) is 0. The third-order valence-corrected chi connectivity index (χ3v) is 6.35. The summed E-state index contributed by atoms with van der Waals surface area (Å²) >= 11 is 1.27. The highest BCUT2D eigenvalue weighted by Gasteiger charge is 2.42. The monoisotopic (exact) mass is 444 g/mol. The van der Waals surface area contributed by atoms with Crippen LogP contribution in [0.15, 0.2) is 52.3 Å². The van der Waals surface area contributed by atoms with Crippen molar-refractivity contribution in [2.75, 3.05) is 7.11 Å². The van der Waals surface area contributed by atoms with E-state index in [9.17, 15) is 13.6 Å². The standard InChI is InChI=1S/C22H18F2N2O4S/c1-22-11-14(13-5-3-4-6-15(13)30-22)26-19(27)18(31-21(26)25-22)10-12-7-8-16(29-20(23)24)17(9-12)28-2/h3-10,14,20H,11H2,1-2H3/b18-10+/t14-,22-/m1/s1. The number of ether oxygens (including phenoxy) is 3. The molecule has 2 atom stereocenters. The van der Waals surface area contributed by atoms with Crippen molar-refractivity contribution >= 4 is 17.4 Å². The van der Waals surface area contributed by atoms with E-state index in [4.69, 9.17) is 14.5 Å². The van der Waals surface area contributed by atoms with Crippen LogP contribution >= 0.6 is 11.3 Å². The minimum Gasteiger partial charge on any atom is -0.493 e. The first-order valence-corrected chi connectivity index (χ1v) is 10.4. The van der Waals surface area contributed by atoms with Gasteiger partial charge in [0.05, 0.1) is 17.7 Å². The Morgan fingerprint density at radius 1 is 1.29 bits per heavy atom. The van der Waals surface area contributed by atoms with E-state index in [1.807, 2.05) is 31.2 Å². The van der Waals surface area contributed by atoms with Crippen molar-refractivity contribution in [1.29, 1.82) is 0 Å². The molecule has 0 N–H and O–H groups in total. The summed E-state index contributed by atoms with van der Waals surface area (Å²) in [6, 6.07) is 12.1. The zero-order valence-electron chi connectivity index (χ0n) is 16.7. The van der Waals surface area contributed by atoms with Crippen molar-refractivity contribution in [3.63, 3.8) is 0 Å². The van der Waals surface area contributed by atoms with Crippen LogP contribution in [0.4, 0.5) is 8.78 Å². The van der Waals surface area contributed by atoms with Crippen molar-refractivity contribution in [2.24, 2.45) is 4.99 Å². The number of nitrogens with zero attached hydrogens (tertiary/aromatic N) is 2. The number of thiazole rings is 1. The van der Waals surface area contributed by atoms with Crippen LogP contribution in [-0.4, -0.2) is 24.0 Å². The van der Waals surface area contributed by atoms with Crippen molar-refractivity contribution < 1.29 is 23.0 Å². The summed E-state index contributed by atoms with van der Waals surface area (Å²) in [4.78, 5) is 18.6. The van der Waals surface area contributed by atoms with Gasteiger partial charge >= 0.3 is 6.61 Å². The topological polar surface area (TPSA) is 62.1 Å². The molecular weight excluding hydrogens is 426 g/mol. The molecule has 0 saturated heterocycles. The lowest BCUT2D eigenvalue weighted by atomic mass is 9.93. The Bertz CT molecular complexity index is 1350. The van der Waals surface area contributed by atoms with Crippen LogP contribution in [0, 0.1) is 0 Å². The van der Waals surface area contributed by atoms with E-state index < -0.39 is 12.3 Å². The molecule has 0 amide bonds. The van der Waals surface area contributed by atoms with Gasteiger partial charge in [0.2, 0.25) is 5.72 Å². The smallest absolute Gasteiger partial charge is 0.387 e. The second kappa shape index (κ2) is 7.19. The molecule has 9 heteroatoms. The summed E-state index contributed by atoms with van der Waals surface area (Å²) in [7, 11) is 1.37. The maximum atomic E-state index is 13.3. The molecule has 0 spiro atoms. The van der Waals surface area contributed by atoms with Gasteiger partial charge in [0.25, 0.3) is 5.56 Å². The fourth-order valence-electron chi connectivity index (χ4n) is 4.06. The maximum absolute atomic E-state index is 13.3. The van der Waals surface area contributed by atoms with E-state index in [0.29, 0.717) is 21.3 Å². The Hall–Kier alpha value is -3.20. The summed E-state index contributed by atoms with van der Waals surface area (Å²) in [6.07, 6.45) is 2.27. The molecule has 31 heavy (non-hydrogen) atoms. The molecule has 2 aliphatic heterocycles. The van der Waals surface area contributed by atoms with Gasteiger partial charge in [-0.25, -0.2) is 4.99 Å². The van der Waals surface area contributed by atoms with Crippen LogP contribution in [-0.2, 0) is 0 Å². The Morgan fingerprint density at radius 2 is 2.10 bits per heavy atom. The lowest BCUT2D eigenvalue weighted by molar-refractivity contribution is -0.0512. The van der Waals surface area contributed by atoms with E-state index in [0.717, 1.165) is 11.3 Å². The lowest BCUT2D eigenvalue weighted by Crippen LogP contribution is -2.49. The summed E-state index contributed by atoms with van der Waals surface area (Å²) in [6.45, 7) is -1.04. The molecule has 3 heterocycles. The molecule has 0 radical (unpaired) electrons. The van der Waals surface area contributed by atoms with Crippen molar-refractivity contribution in [3.05, 3.63) is 73.3 Å². The van der Waals surface area contributed by atoms with Crippen LogP contribution in [0.25, 0.3) is 6.08 Å². The van der Waals surface area contributed by atoms with Gasteiger partial charge in [0, 0.05) is 12.0 Å². The zero-order valence-corrected chi connectivity index (χ0v) is 17.5. The number of hydrogen-bond acceptors (Lipinski definition) is 6. The molecule has 0 unspecified atom stereocenters. The van der Waals surface area contributed by atoms with E-state index in [1.54, 1.807) is 22.8 Å². The minimum atomic E-state index is -2.95. The first-order valence-electron chi connectivity index (χ1n) is 9.61. The first kappa shape index (κ1) is 19.7. The third kappa shape index (κ3) is 3.38. The normalized spacial score (nSPS) is 21.7. The highest BCUT2D eigenvalue weighted by atomic mass is 32.1. The molecule has 6 nitrogen and oxygen atoms in total. The molecule has 2 aromatic carbocycles. The van der Waals surface area contributed by atoms with Crippen molar-refractivity contribution in [3.8, 4) is 17.2 Å². The maximum Gasteiger partial charge on any atom is 0.387 e. The Kier molecular flexibility index (Phi) is 4.58. The highest BCUT2D eigenvalue weighted by molar-refractivity contribution is 7.07. The molecule has 0 saturated carbocycles. The number of benzene rings is 2. The van der Waals surface area contributed by atoms with E-state index in [2.05, 4.69) is 4.74 Å². The summed E-state index contributed by atoms with van der Waals surface area (Å²) in [5, 5.41) is 0. The van der Waals surface area contributed by atoms with Crippen LogP contribution in [0.5, 0.6) is 17.2 Å². The molecule has 2 aliphatic rings. The average molecular weight is 444 g/mol. The van der Waals surface area contributed by atoms with Crippen LogP contribution in [0.3, 0.4) is 0 Å². The van der Waals surface area contributed by atoms with Crippen molar-refractivity contribution in [1.82, 2.24) is 4.57 Å². The largest absolute Gasteiger partial charge is 0.493 e. The molecule has 5 rings (SSSR count). The van der Waals surface area contributed by atoms with Gasteiger partial charge in [-0.1, -0.05) is 35.6 Å². The fraction of sp³-hybridized carbons (Fsp3) is 0.273. The number of alkyl halides is 2. The Morgan fingerprint density at radius 3 is 2.87 bits per heavy atom. The molecule has 1 aromatic heterocycles. The second-order valence-electron chi connectivity index (χ2n) is 7.50. The van der Waals surface area contributed by atoms with Gasteiger partial charge in [-0.2, -0.15) is 8.78 Å². The molecule has 0 fully saturated rings. The molecule has 160 valence electrons. The summed E-state index contributed by atoms with van der Waals surface area (Å²) < 4.78 is 43.0. The van der Waals surface area contributed by atoms with E-state index >= 15 is 0 Å². The predicted octanol–water partition coefficient (Wildman–Crippen LogP) is 3.07. The van der Waals surface area contributed by atoms with Gasteiger partial charge in [0.1, 0.15) is 5.75 Å². The summed E-state index contributed by atoms with van der Waals surface area (Å²) in [5.41, 5.74) is 0.697. The average Bonchev–Trinajstić information content (AvgIpc) is 3.02. The third-order valence-electron chi connectivity index (χ3n) is 5.36. The van der Waals surface area contributed by atoms with Gasteiger partial charge < -0.3 is 14.2 Å². The number of fused-ring (bicyclic) bond motifs is 6. The molecule has 0 aliphatic carbocycles.